The first-order chi connectivity index (χ1) is 7.22. The molecule has 5 heteroatoms. The molecule has 15 heavy (non-hydrogen) atoms. The maximum atomic E-state index is 9.45. The molecule has 1 aromatic heterocycles. The minimum Gasteiger partial charge on any atom is -0.387 e. The van der Waals surface area contributed by atoms with Crippen molar-refractivity contribution in [2.45, 2.75) is 20.0 Å². The lowest BCUT2D eigenvalue weighted by molar-refractivity contribution is 0.186. The molecular formula is C10H18N4O. The molecule has 0 aliphatic rings. The molecule has 0 radical (unpaired) electrons. The van der Waals surface area contributed by atoms with Crippen LogP contribution in [0.15, 0.2) is 12.4 Å². The zero-order valence-electron chi connectivity index (χ0n) is 9.22. The minimum absolute atomic E-state index is 0.188. The van der Waals surface area contributed by atoms with Gasteiger partial charge in [-0.15, -0.1) is 0 Å². The second-order valence-electron chi connectivity index (χ2n) is 3.24. The van der Waals surface area contributed by atoms with Crippen LogP contribution in [0.4, 0.5) is 5.95 Å². The van der Waals surface area contributed by atoms with Gasteiger partial charge in [0.25, 0.3) is 0 Å². The molecule has 0 bridgehead atoms. The van der Waals surface area contributed by atoms with Crippen LogP contribution in [0.25, 0.3) is 0 Å². The van der Waals surface area contributed by atoms with E-state index < -0.39 is 6.10 Å². The van der Waals surface area contributed by atoms with E-state index in [2.05, 4.69) is 23.8 Å². The monoisotopic (exact) mass is 210 g/mol. The Morgan fingerprint density at radius 2 is 1.87 bits per heavy atom. The molecule has 0 saturated heterocycles. The first-order valence-electron chi connectivity index (χ1n) is 5.17. The lowest BCUT2D eigenvalue weighted by Gasteiger charge is -2.18. The summed E-state index contributed by atoms with van der Waals surface area (Å²) in [5.41, 5.74) is 6.00. The van der Waals surface area contributed by atoms with Crippen molar-refractivity contribution in [1.29, 1.82) is 0 Å². The summed E-state index contributed by atoms with van der Waals surface area (Å²) < 4.78 is 0. The SMILES string of the molecule is CCN(CC)c1ncc(C(O)CN)cn1. The summed E-state index contributed by atoms with van der Waals surface area (Å²) in [7, 11) is 0. The zero-order valence-corrected chi connectivity index (χ0v) is 9.22. The number of anilines is 1. The summed E-state index contributed by atoms with van der Waals surface area (Å²) in [6.45, 7) is 6.03. The Hall–Kier alpha value is -1.20. The van der Waals surface area contributed by atoms with Crippen LogP contribution in [0, 0.1) is 0 Å². The molecular weight excluding hydrogens is 192 g/mol. The highest BCUT2D eigenvalue weighted by molar-refractivity contribution is 5.29. The highest BCUT2D eigenvalue weighted by Crippen LogP contribution is 2.11. The van der Waals surface area contributed by atoms with Crippen LogP contribution in [-0.4, -0.2) is 34.7 Å². The van der Waals surface area contributed by atoms with Crippen molar-refractivity contribution in [2.75, 3.05) is 24.5 Å². The smallest absolute Gasteiger partial charge is 0.225 e. The average Bonchev–Trinajstić information content (AvgIpc) is 2.30. The molecule has 1 aromatic rings. The van der Waals surface area contributed by atoms with Gasteiger partial charge in [0.15, 0.2) is 0 Å². The van der Waals surface area contributed by atoms with Crippen LogP contribution >= 0.6 is 0 Å². The van der Waals surface area contributed by atoms with Gasteiger partial charge in [-0.3, -0.25) is 0 Å². The van der Waals surface area contributed by atoms with Crippen LogP contribution in [0.1, 0.15) is 25.5 Å². The number of nitrogens with zero attached hydrogens (tertiary/aromatic N) is 3. The first kappa shape index (κ1) is 11.9. The van der Waals surface area contributed by atoms with Crippen LogP contribution in [-0.2, 0) is 0 Å². The van der Waals surface area contributed by atoms with Crippen LogP contribution in [0.5, 0.6) is 0 Å². The van der Waals surface area contributed by atoms with Crippen molar-refractivity contribution >= 4 is 5.95 Å². The fourth-order valence-electron chi connectivity index (χ4n) is 1.31. The highest BCUT2D eigenvalue weighted by Gasteiger charge is 2.08. The fourth-order valence-corrected chi connectivity index (χ4v) is 1.31. The van der Waals surface area contributed by atoms with Crippen molar-refractivity contribution in [3.63, 3.8) is 0 Å². The van der Waals surface area contributed by atoms with Gasteiger partial charge in [-0.2, -0.15) is 0 Å². The van der Waals surface area contributed by atoms with Crippen molar-refractivity contribution in [2.24, 2.45) is 5.73 Å². The van der Waals surface area contributed by atoms with Gasteiger partial charge >= 0.3 is 0 Å². The van der Waals surface area contributed by atoms with Gasteiger partial charge < -0.3 is 15.7 Å². The Morgan fingerprint density at radius 1 is 1.33 bits per heavy atom. The summed E-state index contributed by atoms with van der Waals surface area (Å²) in [4.78, 5) is 10.4. The largest absolute Gasteiger partial charge is 0.387 e. The molecule has 0 aliphatic carbocycles. The molecule has 0 fully saturated rings. The van der Waals surface area contributed by atoms with Crippen LogP contribution in [0.2, 0.25) is 0 Å². The highest BCUT2D eigenvalue weighted by atomic mass is 16.3. The molecule has 1 unspecified atom stereocenters. The van der Waals surface area contributed by atoms with Crippen molar-refractivity contribution in [3.8, 4) is 0 Å². The maximum Gasteiger partial charge on any atom is 0.225 e. The molecule has 1 heterocycles. The summed E-state index contributed by atoms with van der Waals surface area (Å²) in [6, 6.07) is 0. The van der Waals surface area contributed by atoms with Crippen LogP contribution < -0.4 is 10.6 Å². The summed E-state index contributed by atoms with van der Waals surface area (Å²) in [5.74, 6) is 0.688. The number of nitrogens with two attached hydrogens (primary N) is 1. The molecule has 0 spiro atoms. The lowest BCUT2D eigenvalue weighted by atomic mass is 10.2. The van der Waals surface area contributed by atoms with Crippen molar-refractivity contribution < 1.29 is 5.11 Å². The van der Waals surface area contributed by atoms with E-state index in [1.165, 1.54) is 0 Å². The molecule has 3 N–H and O–H groups in total. The van der Waals surface area contributed by atoms with E-state index in [9.17, 15) is 5.11 Å². The Kier molecular flexibility index (Phi) is 4.45. The minimum atomic E-state index is -0.671. The molecule has 0 saturated carbocycles. The number of hydrogen-bond donors (Lipinski definition) is 2. The normalized spacial score (nSPS) is 12.5. The number of aromatic nitrogens is 2. The lowest BCUT2D eigenvalue weighted by Crippen LogP contribution is -2.24. The van der Waals surface area contributed by atoms with Gasteiger partial charge in [0.2, 0.25) is 5.95 Å². The standard InChI is InChI=1S/C10H18N4O/c1-3-14(4-2)10-12-6-8(7-13-10)9(15)5-11/h6-7,9,15H,3-5,11H2,1-2H3. The summed E-state index contributed by atoms with van der Waals surface area (Å²) in [6.07, 6.45) is 2.58. The molecule has 1 rings (SSSR count). The van der Waals surface area contributed by atoms with Gasteiger partial charge in [-0.25, -0.2) is 9.97 Å². The third-order valence-corrected chi connectivity index (χ3v) is 2.31. The van der Waals surface area contributed by atoms with E-state index >= 15 is 0 Å². The van der Waals surface area contributed by atoms with Gasteiger partial charge in [0.1, 0.15) is 0 Å². The summed E-state index contributed by atoms with van der Waals surface area (Å²) >= 11 is 0. The number of rotatable bonds is 5. The van der Waals surface area contributed by atoms with E-state index in [0.717, 1.165) is 13.1 Å². The van der Waals surface area contributed by atoms with Crippen molar-refractivity contribution in [3.05, 3.63) is 18.0 Å². The van der Waals surface area contributed by atoms with E-state index in [0.29, 0.717) is 11.5 Å². The Morgan fingerprint density at radius 3 is 2.27 bits per heavy atom. The fraction of sp³-hybridized carbons (Fsp3) is 0.600. The van der Waals surface area contributed by atoms with E-state index in [1.54, 1.807) is 12.4 Å². The quantitative estimate of drug-likeness (QED) is 0.731. The van der Waals surface area contributed by atoms with Gasteiger partial charge in [0.05, 0.1) is 6.10 Å². The molecule has 5 nitrogen and oxygen atoms in total. The topological polar surface area (TPSA) is 75.3 Å². The average molecular weight is 210 g/mol. The predicted molar refractivity (Wildman–Crippen MR) is 59.6 cm³/mol. The van der Waals surface area contributed by atoms with E-state index in [-0.39, 0.29) is 6.54 Å². The first-order valence-corrected chi connectivity index (χ1v) is 5.17. The number of aliphatic hydroxyl groups is 1. The predicted octanol–water partition coefficient (Wildman–Crippen LogP) is 0.315. The number of hydrogen-bond acceptors (Lipinski definition) is 5. The van der Waals surface area contributed by atoms with Crippen LogP contribution in [0.3, 0.4) is 0 Å². The van der Waals surface area contributed by atoms with Crippen molar-refractivity contribution in [1.82, 2.24) is 9.97 Å². The second kappa shape index (κ2) is 5.63. The Labute approximate surface area is 90.0 Å². The molecule has 0 aromatic carbocycles. The Balaban J connectivity index is 2.79. The van der Waals surface area contributed by atoms with Gasteiger partial charge in [0, 0.05) is 37.6 Å². The van der Waals surface area contributed by atoms with Gasteiger partial charge in [-0.1, -0.05) is 0 Å². The van der Waals surface area contributed by atoms with Gasteiger partial charge in [-0.05, 0) is 13.8 Å². The molecule has 84 valence electrons. The second-order valence-corrected chi connectivity index (χ2v) is 3.24. The molecule has 0 amide bonds. The summed E-state index contributed by atoms with van der Waals surface area (Å²) in [5, 5.41) is 9.45. The Bertz CT molecular complexity index is 284. The maximum absolute atomic E-state index is 9.45. The third-order valence-electron chi connectivity index (χ3n) is 2.31. The molecule has 1 atom stereocenters. The molecule has 0 aliphatic heterocycles. The van der Waals surface area contributed by atoms with E-state index in [1.807, 2.05) is 4.90 Å². The third kappa shape index (κ3) is 2.87. The zero-order chi connectivity index (χ0) is 11.3. The van der Waals surface area contributed by atoms with E-state index in [4.69, 9.17) is 5.73 Å². The number of aliphatic hydroxyl groups excluding tert-OH is 1.